The first-order chi connectivity index (χ1) is 8.17. The van der Waals surface area contributed by atoms with Crippen molar-refractivity contribution in [3.8, 4) is 0 Å². The summed E-state index contributed by atoms with van der Waals surface area (Å²) >= 11 is 0. The topological polar surface area (TPSA) is 64.4 Å². The molecule has 17 heavy (non-hydrogen) atoms. The Morgan fingerprint density at radius 2 is 2.29 bits per heavy atom. The number of nitrogens with two attached hydrogens (primary N) is 1. The largest absolute Gasteiger partial charge is 0.380 e. The lowest BCUT2D eigenvalue weighted by molar-refractivity contribution is -0.117. The van der Waals surface area contributed by atoms with Crippen molar-refractivity contribution in [1.82, 2.24) is 0 Å². The number of carbonyl (C=O) groups excluding carboxylic acids is 1. The number of anilines is 1. The molecule has 0 bridgehead atoms. The predicted octanol–water partition coefficient (Wildman–Crippen LogP) is 1.90. The van der Waals surface area contributed by atoms with Gasteiger partial charge in [-0.2, -0.15) is 0 Å². The number of carbonyl (C=O) groups is 1. The summed E-state index contributed by atoms with van der Waals surface area (Å²) in [6, 6.07) is 7.13. The summed E-state index contributed by atoms with van der Waals surface area (Å²) in [5, 5.41) is 2.81. The van der Waals surface area contributed by atoms with E-state index in [4.69, 9.17) is 10.5 Å². The van der Waals surface area contributed by atoms with Crippen LogP contribution in [0.25, 0.3) is 0 Å². The number of hydrogen-bond donors (Lipinski definition) is 2. The normalized spacial score (nSPS) is 12.2. The minimum atomic E-state index is -0.439. The molecule has 0 saturated heterocycles. The van der Waals surface area contributed by atoms with E-state index in [9.17, 15) is 4.79 Å². The highest BCUT2D eigenvalue weighted by Crippen LogP contribution is 2.12. The second-order valence-corrected chi connectivity index (χ2v) is 4.02. The molecule has 4 nitrogen and oxygen atoms in total. The van der Waals surface area contributed by atoms with Crippen LogP contribution in [-0.2, 0) is 16.1 Å². The third-order valence-electron chi connectivity index (χ3n) is 2.44. The molecule has 0 aliphatic rings. The molecule has 1 atom stereocenters. The number of benzene rings is 1. The van der Waals surface area contributed by atoms with Crippen molar-refractivity contribution in [2.24, 2.45) is 5.73 Å². The van der Waals surface area contributed by atoms with Crippen LogP contribution in [0.4, 0.5) is 5.69 Å². The molecule has 3 N–H and O–H groups in total. The van der Waals surface area contributed by atoms with Gasteiger partial charge < -0.3 is 15.8 Å². The van der Waals surface area contributed by atoms with Gasteiger partial charge in [0.15, 0.2) is 0 Å². The maximum Gasteiger partial charge on any atom is 0.241 e. The average Bonchev–Trinajstić information content (AvgIpc) is 2.30. The van der Waals surface area contributed by atoms with E-state index < -0.39 is 6.04 Å². The molecule has 0 aliphatic carbocycles. The summed E-state index contributed by atoms with van der Waals surface area (Å²) in [6.45, 7) is 2.54. The zero-order valence-corrected chi connectivity index (χ0v) is 10.4. The van der Waals surface area contributed by atoms with Gasteiger partial charge in [-0.1, -0.05) is 25.5 Å². The van der Waals surface area contributed by atoms with E-state index in [-0.39, 0.29) is 5.91 Å². The molecule has 1 amide bonds. The number of nitrogens with one attached hydrogen (secondary N) is 1. The van der Waals surface area contributed by atoms with Gasteiger partial charge in [-0.3, -0.25) is 4.79 Å². The zero-order valence-electron chi connectivity index (χ0n) is 10.4. The molecular weight excluding hydrogens is 216 g/mol. The molecule has 0 fully saturated rings. The minimum Gasteiger partial charge on any atom is -0.380 e. The fourth-order valence-corrected chi connectivity index (χ4v) is 1.58. The van der Waals surface area contributed by atoms with Gasteiger partial charge >= 0.3 is 0 Å². The van der Waals surface area contributed by atoms with Gasteiger partial charge in [0.2, 0.25) is 5.91 Å². The van der Waals surface area contributed by atoms with Crippen molar-refractivity contribution < 1.29 is 9.53 Å². The molecule has 0 spiro atoms. The number of hydrogen-bond acceptors (Lipinski definition) is 3. The third-order valence-corrected chi connectivity index (χ3v) is 2.44. The molecule has 1 rings (SSSR count). The number of ether oxygens (including phenoxy) is 1. The Hall–Kier alpha value is -1.39. The number of amides is 1. The van der Waals surface area contributed by atoms with Crippen LogP contribution in [0.2, 0.25) is 0 Å². The number of methoxy groups -OCH3 is 1. The molecule has 1 aromatic rings. The van der Waals surface area contributed by atoms with Crippen molar-refractivity contribution in [2.45, 2.75) is 32.4 Å². The molecule has 0 heterocycles. The van der Waals surface area contributed by atoms with E-state index in [1.54, 1.807) is 7.11 Å². The predicted molar refractivity (Wildman–Crippen MR) is 68.7 cm³/mol. The van der Waals surface area contributed by atoms with Crippen molar-refractivity contribution in [2.75, 3.05) is 12.4 Å². The van der Waals surface area contributed by atoms with Crippen LogP contribution in [0.15, 0.2) is 24.3 Å². The van der Waals surface area contributed by atoms with Crippen molar-refractivity contribution in [1.29, 1.82) is 0 Å². The summed E-state index contributed by atoms with van der Waals surface area (Å²) in [5.41, 5.74) is 7.52. The Balaban J connectivity index is 2.61. The Morgan fingerprint density at radius 3 is 2.94 bits per heavy atom. The van der Waals surface area contributed by atoms with Crippen LogP contribution in [0, 0.1) is 0 Å². The molecular formula is C13H20N2O2. The Kier molecular flexibility index (Phi) is 5.66. The average molecular weight is 236 g/mol. The fraction of sp³-hybridized carbons (Fsp3) is 0.462. The van der Waals surface area contributed by atoms with Gasteiger partial charge in [0, 0.05) is 12.8 Å². The number of rotatable bonds is 6. The van der Waals surface area contributed by atoms with Gasteiger partial charge in [-0.05, 0) is 24.1 Å². The van der Waals surface area contributed by atoms with Gasteiger partial charge in [-0.15, -0.1) is 0 Å². The highest BCUT2D eigenvalue weighted by molar-refractivity contribution is 5.94. The van der Waals surface area contributed by atoms with Crippen LogP contribution >= 0.6 is 0 Å². The summed E-state index contributed by atoms with van der Waals surface area (Å²) < 4.78 is 5.04. The van der Waals surface area contributed by atoms with Crippen molar-refractivity contribution in [3.63, 3.8) is 0 Å². The highest BCUT2D eigenvalue weighted by Gasteiger charge is 2.12. The summed E-state index contributed by atoms with van der Waals surface area (Å²) in [7, 11) is 1.64. The summed E-state index contributed by atoms with van der Waals surface area (Å²) in [5.74, 6) is -0.138. The molecule has 0 aliphatic heterocycles. The monoisotopic (exact) mass is 236 g/mol. The van der Waals surface area contributed by atoms with Crippen LogP contribution in [0.1, 0.15) is 25.3 Å². The molecule has 1 aromatic carbocycles. The first-order valence-electron chi connectivity index (χ1n) is 5.81. The van der Waals surface area contributed by atoms with Crippen molar-refractivity contribution >= 4 is 11.6 Å². The van der Waals surface area contributed by atoms with Gasteiger partial charge in [0.25, 0.3) is 0 Å². The lowest BCUT2D eigenvalue weighted by Gasteiger charge is -2.11. The Morgan fingerprint density at radius 1 is 1.53 bits per heavy atom. The van der Waals surface area contributed by atoms with Crippen LogP contribution < -0.4 is 11.1 Å². The van der Waals surface area contributed by atoms with E-state index in [2.05, 4.69) is 5.32 Å². The second-order valence-electron chi connectivity index (χ2n) is 4.02. The Bertz CT molecular complexity index is 366. The molecule has 94 valence electrons. The minimum absolute atomic E-state index is 0.138. The van der Waals surface area contributed by atoms with E-state index in [1.165, 1.54) is 0 Å². The summed E-state index contributed by atoms with van der Waals surface area (Å²) in [6.07, 6.45) is 1.60. The first kappa shape index (κ1) is 13.7. The van der Waals surface area contributed by atoms with E-state index in [0.29, 0.717) is 13.0 Å². The molecule has 4 heteroatoms. The Labute approximate surface area is 102 Å². The lowest BCUT2D eigenvalue weighted by atomic mass is 10.1. The third kappa shape index (κ3) is 4.54. The quantitative estimate of drug-likeness (QED) is 0.793. The van der Waals surface area contributed by atoms with E-state index in [0.717, 1.165) is 17.7 Å². The lowest BCUT2D eigenvalue weighted by Crippen LogP contribution is -2.35. The van der Waals surface area contributed by atoms with Gasteiger partial charge in [0.05, 0.1) is 12.6 Å². The van der Waals surface area contributed by atoms with Crippen LogP contribution in [0.3, 0.4) is 0 Å². The second kappa shape index (κ2) is 7.04. The first-order valence-corrected chi connectivity index (χ1v) is 5.81. The fourth-order valence-electron chi connectivity index (χ4n) is 1.58. The zero-order chi connectivity index (χ0) is 12.7. The maximum absolute atomic E-state index is 11.7. The standard InChI is InChI=1S/C13H20N2O2/c1-3-5-12(14)13(16)15-11-7-4-6-10(8-11)9-17-2/h4,6-8,12H,3,5,9,14H2,1-2H3,(H,15,16). The van der Waals surface area contributed by atoms with Crippen LogP contribution in [-0.4, -0.2) is 19.1 Å². The molecule has 0 aromatic heterocycles. The molecule has 1 unspecified atom stereocenters. The maximum atomic E-state index is 11.7. The highest BCUT2D eigenvalue weighted by atomic mass is 16.5. The van der Waals surface area contributed by atoms with Gasteiger partial charge in [0.1, 0.15) is 0 Å². The smallest absolute Gasteiger partial charge is 0.241 e. The van der Waals surface area contributed by atoms with E-state index in [1.807, 2.05) is 31.2 Å². The SMILES string of the molecule is CCCC(N)C(=O)Nc1cccc(COC)c1. The van der Waals surface area contributed by atoms with E-state index >= 15 is 0 Å². The van der Waals surface area contributed by atoms with Crippen molar-refractivity contribution in [3.05, 3.63) is 29.8 Å². The molecule has 0 radical (unpaired) electrons. The summed E-state index contributed by atoms with van der Waals surface area (Å²) in [4.78, 5) is 11.7. The van der Waals surface area contributed by atoms with Crippen LogP contribution in [0.5, 0.6) is 0 Å². The molecule has 0 saturated carbocycles. The van der Waals surface area contributed by atoms with Gasteiger partial charge in [-0.25, -0.2) is 0 Å².